The van der Waals surface area contributed by atoms with Crippen molar-refractivity contribution in [2.24, 2.45) is 17.8 Å². The minimum Gasteiger partial charge on any atom is -0.455 e. The molecule has 2 bridgehead atoms. The highest BCUT2D eigenvalue weighted by atomic mass is 16.5. The number of carbonyl (C=O) groups is 3. The Kier molecular flexibility index (Phi) is 4.92. The monoisotopic (exact) mass is 365 g/mol. The second-order valence-corrected chi connectivity index (χ2v) is 7.61. The summed E-state index contributed by atoms with van der Waals surface area (Å²) in [5, 5.41) is 4.90. The number of Topliss-reactive ketones (excluding diaryl/α,β-unsaturated/α-hetero) is 1. The molecule has 140 valence electrons. The summed E-state index contributed by atoms with van der Waals surface area (Å²) in [5.74, 6) is -0.646. The molecule has 0 saturated heterocycles. The Hall–Kier alpha value is -2.69. The molecule has 2 aromatic rings. The zero-order chi connectivity index (χ0) is 18.8. The van der Waals surface area contributed by atoms with Crippen molar-refractivity contribution in [1.29, 1.82) is 0 Å². The lowest BCUT2D eigenvalue weighted by Gasteiger charge is -2.36. The molecule has 0 heterocycles. The molecular formula is C22H23NO4. The van der Waals surface area contributed by atoms with Gasteiger partial charge in [-0.2, -0.15) is 0 Å². The summed E-state index contributed by atoms with van der Waals surface area (Å²) in [6.07, 6.45) is 3.96. The molecule has 0 aromatic heterocycles. The number of rotatable bonds is 4. The van der Waals surface area contributed by atoms with Gasteiger partial charge in [-0.3, -0.25) is 14.4 Å². The van der Waals surface area contributed by atoms with E-state index in [0.29, 0.717) is 24.3 Å². The van der Waals surface area contributed by atoms with Gasteiger partial charge in [0.05, 0.1) is 5.92 Å². The van der Waals surface area contributed by atoms with Crippen LogP contribution in [0.4, 0.5) is 5.69 Å². The summed E-state index contributed by atoms with van der Waals surface area (Å²) in [6, 6.07) is 13.6. The number of hydrogen-bond donors (Lipinski definition) is 1. The predicted molar refractivity (Wildman–Crippen MR) is 102 cm³/mol. The van der Waals surface area contributed by atoms with Crippen molar-refractivity contribution in [2.45, 2.75) is 32.1 Å². The fraction of sp³-hybridized carbons (Fsp3) is 0.409. The molecule has 5 nitrogen and oxygen atoms in total. The van der Waals surface area contributed by atoms with Crippen molar-refractivity contribution in [3.05, 3.63) is 42.5 Å². The van der Waals surface area contributed by atoms with Gasteiger partial charge < -0.3 is 10.1 Å². The Morgan fingerprint density at radius 1 is 1.00 bits per heavy atom. The van der Waals surface area contributed by atoms with Crippen molar-refractivity contribution in [3.63, 3.8) is 0 Å². The van der Waals surface area contributed by atoms with Crippen molar-refractivity contribution >= 4 is 34.1 Å². The first-order chi connectivity index (χ1) is 13.1. The molecule has 0 aliphatic heterocycles. The normalized spacial score (nSPS) is 24.4. The van der Waals surface area contributed by atoms with Crippen LogP contribution in [-0.4, -0.2) is 24.3 Å². The van der Waals surface area contributed by atoms with Gasteiger partial charge in [0.1, 0.15) is 5.78 Å². The van der Waals surface area contributed by atoms with E-state index in [9.17, 15) is 14.4 Å². The SMILES string of the molecule is O=C(COC(=O)C1C[C@@H]2CCC[C@@H](C1)C2=O)Nc1ccc2ccccc2c1. The summed E-state index contributed by atoms with van der Waals surface area (Å²) in [7, 11) is 0. The van der Waals surface area contributed by atoms with Crippen LogP contribution >= 0.6 is 0 Å². The summed E-state index contributed by atoms with van der Waals surface area (Å²) in [4.78, 5) is 36.6. The minimum atomic E-state index is -0.356. The van der Waals surface area contributed by atoms with Crippen molar-refractivity contribution in [2.75, 3.05) is 11.9 Å². The molecule has 4 rings (SSSR count). The van der Waals surface area contributed by atoms with Gasteiger partial charge in [-0.15, -0.1) is 0 Å². The van der Waals surface area contributed by atoms with Crippen LogP contribution in [0.3, 0.4) is 0 Å². The van der Waals surface area contributed by atoms with Gasteiger partial charge in [-0.1, -0.05) is 36.8 Å². The van der Waals surface area contributed by atoms with Gasteiger partial charge in [0.2, 0.25) is 0 Å². The molecule has 1 N–H and O–H groups in total. The van der Waals surface area contributed by atoms with Crippen molar-refractivity contribution in [3.8, 4) is 0 Å². The second-order valence-electron chi connectivity index (χ2n) is 7.61. The van der Waals surface area contributed by atoms with Crippen molar-refractivity contribution in [1.82, 2.24) is 0 Å². The minimum absolute atomic E-state index is 0.00137. The number of ketones is 1. The number of hydrogen-bond acceptors (Lipinski definition) is 4. The van der Waals surface area contributed by atoms with Gasteiger partial charge in [0.25, 0.3) is 5.91 Å². The largest absolute Gasteiger partial charge is 0.455 e. The lowest BCUT2D eigenvalue weighted by molar-refractivity contribution is -0.155. The van der Waals surface area contributed by atoms with E-state index in [2.05, 4.69) is 5.32 Å². The number of fused-ring (bicyclic) bond motifs is 3. The maximum absolute atomic E-state index is 12.4. The fourth-order valence-corrected chi connectivity index (χ4v) is 4.39. The van der Waals surface area contributed by atoms with Gasteiger partial charge in [-0.05, 0) is 48.6 Å². The van der Waals surface area contributed by atoms with Crippen LogP contribution in [0, 0.1) is 17.8 Å². The first-order valence-electron chi connectivity index (χ1n) is 9.59. The zero-order valence-electron chi connectivity index (χ0n) is 15.1. The Labute approximate surface area is 158 Å². The Balaban J connectivity index is 1.30. The maximum Gasteiger partial charge on any atom is 0.309 e. The van der Waals surface area contributed by atoms with E-state index >= 15 is 0 Å². The second kappa shape index (κ2) is 7.51. The van der Waals surface area contributed by atoms with Gasteiger partial charge >= 0.3 is 5.97 Å². The molecule has 0 unspecified atom stereocenters. The highest BCUT2D eigenvalue weighted by molar-refractivity contribution is 5.96. The third-order valence-electron chi connectivity index (χ3n) is 5.76. The maximum atomic E-state index is 12.4. The predicted octanol–water partition coefficient (Wildman–Crippen LogP) is 3.72. The summed E-state index contributed by atoms with van der Waals surface area (Å²) >= 11 is 0. The van der Waals surface area contributed by atoms with Crippen LogP contribution in [0.2, 0.25) is 0 Å². The van der Waals surface area contributed by atoms with Crippen LogP contribution in [-0.2, 0) is 19.1 Å². The van der Waals surface area contributed by atoms with E-state index in [1.54, 1.807) is 0 Å². The number of amides is 1. The highest BCUT2D eigenvalue weighted by Crippen LogP contribution is 2.40. The lowest BCUT2D eigenvalue weighted by Crippen LogP contribution is -2.40. The number of nitrogens with one attached hydrogen (secondary N) is 1. The fourth-order valence-electron chi connectivity index (χ4n) is 4.39. The molecule has 2 saturated carbocycles. The van der Waals surface area contributed by atoms with E-state index in [1.165, 1.54) is 0 Å². The Morgan fingerprint density at radius 3 is 2.44 bits per heavy atom. The summed E-state index contributed by atoms with van der Waals surface area (Å²) in [6.45, 7) is -0.300. The third kappa shape index (κ3) is 3.87. The molecule has 2 aliphatic rings. The van der Waals surface area contributed by atoms with Gasteiger partial charge in [0.15, 0.2) is 6.61 Å². The Morgan fingerprint density at radius 2 is 1.70 bits per heavy atom. The molecule has 27 heavy (non-hydrogen) atoms. The van der Waals surface area contributed by atoms with E-state index in [-0.39, 0.29) is 36.2 Å². The number of esters is 1. The quantitative estimate of drug-likeness (QED) is 0.838. The first kappa shape index (κ1) is 17.7. The van der Waals surface area contributed by atoms with E-state index in [4.69, 9.17) is 4.74 Å². The van der Waals surface area contributed by atoms with E-state index in [1.807, 2.05) is 42.5 Å². The van der Waals surface area contributed by atoms with Crippen LogP contribution in [0.25, 0.3) is 10.8 Å². The molecule has 0 spiro atoms. The average Bonchev–Trinajstić information content (AvgIpc) is 2.66. The number of anilines is 1. The Bertz CT molecular complexity index is 875. The highest BCUT2D eigenvalue weighted by Gasteiger charge is 2.41. The van der Waals surface area contributed by atoms with Crippen LogP contribution < -0.4 is 5.32 Å². The molecule has 0 radical (unpaired) electrons. The first-order valence-corrected chi connectivity index (χ1v) is 9.59. The van der Waals surface area contributed by atoms with E-state index in [0.717, 1.165) is 30.0 Å². The molecule has 2 fully saturated rings. The van der Waals surface area contributed by atoms with Crippen molar-refractivity contribution < 1.29 is 19.1 Å². The molecule has 2 aromatic carbocycles. The molecular weight excluding hydrogens is 342 g/mol. The summed E-state index contributed by atoms with van der Waals surface area (Å²) in [5.41, 5.74) is 0.674. The van der Waals surface area contributed by atoms with Crippen LogP contribution in [0.5, 0.6) is 0 Å². The zero-order valence-corrected chi connectivity index (χ0v) is 15.1. The standard InChI is InChI=1S/C22H23NO4/c24-20(23-19-9-8-14-4-1-2-5-15(14)12-19)13-27-22(26)18-10-16-6-3-7-17(11-18)21(16)25/h1-2,4-5,8-9,12,16-18H,3,6-7,10-11,13H2,(H,23,24)/t16-,17-/m0/s1. The average molecular weight is 365 g/mol. The van der Waals surface area contributed by atoms with Gasteiger partial charge in [-0.25, -0.2) is 0 Å². The lowest BCUT2D eigenvalue weighted by atomic mass is 9.67. The molecule has 2 aliphatic carbocycles. The molecule has 1 amide bonds. The molecule has 2 atom stereocenters. The third-order valence-corrected chi connectivity index (χ3v) is 5.76. The smallest absolute Gasteiger partial charge is 0.309 e. The molecule has 5 heteroatoms. The van der Waals surface area contributed by atoms with Crippen LogP contribution in [0.15, 0.2) is 42.5 Å². The van der Waals surface area contributed by atoms with E-state index < -0.39 is 0 Å². The number of carbonyl (C=O) groups excluding carboxylic acids is 3. The topological polar surface area (TPSA) is 72.5 Å². The number of ether oxygens (including phenoxy) is 1. The van der Waals surface area contributed by atoms with Gasteiger partial charge in [0, 0.05) is 17.5 Å². The van der Waals surface area contributed by atoms with Crippen LogP contribution in [0.1, 0.15) is 32.1 Å². The number of benzene rings is 2. The summed E-state index contributed by atoms with van der Waals surface area (Å²) < 4.78 is 5.24.